The SMILES string of the molecule is O=S(=O)(c1ccccc1Cl)N(CCCl)C1CCC1. The van der Waals surface area contributed by atoms with E-state index < -0.39 is 10.0 Å². The molecular formula is C12H15Cl2NO2S. The van der Waals surface area contributed by atoms with Crippen LogP contribution in [0.15, 0.2) is 29.2 Å². The van der Waals surface area contributed by atoms with Gasteiger partial charge in [0, 0.05) is 18.5 Å². The third-order valence-electron chi connectivity index (χ3n) is 3.21. The zero-order valence-electron chi connectivity index (χ0n) is 9.85. The Kier molecular flexibility index (Phi) is 4.54. The van der Waals surface area contributed by atoms with E-state index in [-0.39, 0.29) is 16.0 Å². The maximum Gasteiger partial charge on any atom is 0.244 e. The molecule has 0 aromatic heterocycles. The number of alkyl halides is 1. The summed E-state index contributed by atoms with van der Waals surface area (Å²) in [5, 5.41) is 0.261. The van der Waals surface area contributed by atoms with Gasteiger partial charge in [0.1, 0.15) is 4.90 Å². The highest BCUT2D eigenvalue weighted by Crippen LogP contribution is 2.32. The van der Waals surface area contributed by atoms with Crippen molar-refractivity contribution in [2.45, 2.75) is 30.2 Å². The minimum Gasteiger partial charge on any atom is -0.207 e. The van der Waals surface area contributed by atoms with Crippen LogP contribution in [0.2, 0.25) is 5.02 Å². The molecule has 0 heterocycles. The van der Waals surface area contributed by atoms with Crippen molar-refractivity contribution in [3.63, 3.8) is 0 Å². The number of benzene rings is 1. The largest absolute Gasteiger partial charge is 0.244 e. The topological polar surface area (TPSA) is 37.4 Å². The highest BCUT2D eigenvalue weighted by molar-refractivity contribution is 7.89. The molecule has 3 nitrogen and oxygen atoms in total. The van der Waals surface area contributed by atoms with E-state index in [1.807, 2.05) is 0 Å². The molecule has 100 valence electrons. The minimum absolute atomic E-state index is 0.0741. The van der Waals surface area contributed by atoms with E-state index in [9.17, 15) is 8.42 Å². The molecule has 0 amide bonds. The van der Waals surface area contributed by atoms with Crippen LogP contribution >= 0.6 is 23.2 Å². The fourth-order valence-electron chi connectivity index (χ4n) is 2.04. The summed E-state index contributed by atoms with van der Waals surface area (Å²) in [6, 6.07) is 6.60. The molecule has 1 aliphatic rings. The fraction of sp³-hybridized carbons (Fsp3) is 0.500. The summed E-state index contributed by atoms with van der Waals surface area (Å²) in [4.78, 5) is 0.170. The van der Waals surface area contributed by atoms with Gasteiger partial charge < -0.3 is 0 Å². The van der Waals surface area contributed by atoms with Crippen molar-refractivity contribution in [2.24, 2.45) is 0 Å². The zero-order valence-corrected chi connectivity index (χ0v) is 12.2. The van der Waals surface area contributed by atoms with Crippen molar-refractivity contribution < 1.29 is 8.42 Å². The van der Waals surface area contributed by atoms with Gasteiger partial charge in [-0.2, -0.15) is 4.31 Å². The molecule has 18 heavy (non-hydrogen) atoms. The molecule has 1 fully saturated rings. The average molecular weight is 308 g/mol. The first-order valence-electron chi connectivity index (χ1n) is 5.89. The highest BCUT2D eigenvalue weighted by Gasteiger charge is 2.35. The van der Waals surface area contributed by atoms with Crippen molar-refractivity contribution in [3.05, 3.63) is 29.3 Å². The lowest BCUT2D eigenvalue weighted by atomic mass is 9.93. The third-order valence-corrected chi connectivity index (χ3v) is 5.83. The molecule has 0 aliphatic heterocycles. The monoisotopic (exact) mass is 307 g/mol. The van der Waals surface area contributed by atoms with Crippen LogP contribution in [0, 0.1) is 0 Å². The summed E-state index contributed by atoms with van der Waals surface area (Å²) in [6.45, 7) is 0.333. The average Bonchev–Trinajstić information content (AvgIpc) is 2.26. The Morgan fingerprint density at radius 2 is 1.94 bits per heavy atom. The molecule has 0 radical (unpaired) electrons. The van der Waals surface area contributed by atoms with Crippen LogP contribution in [0.1, 0.15) is 19.3 Å². The van der Waals surface area contributed by atoms with Crippen LogP contribution in [0.4, 0.5) is 0 Å². The molecule has 0 saturated heterocycles. The van der Waals surface area contributed by atoms with Crippen molar-refractivity contribution in [1.82, 2.24) is 4.31 Å². The van der Waals surface area contributed by atoms with Crippen LogP contribution in [0.5, 0.6) is 0 Å². The van der Waals surface area contributed by atoms with Crippen LogP contribution in [0.25, 0.3) is 0 Å². The van der Waals surface area contributed by atoms with Crippen LogP contribution in [0.3, 0.4) is 0 Å². The Morgan fingerprint density at radius 3 is 2.44 bits per heavy atom. The molecule has 6 heteroatoms. The summed E-state index contributed by atoms with van der Waals surface area (Å²) in [7, 11) is -3.54. The van der Waals surface area contributed by atoms with E-state index in [0.29, 0.717) is 12.4 Å². The van der Waals surface area contributed by atoms with E-state index in [0.717, 1.165) is 19.3 Å². The normalized spacial score (nSPS) is 16.8. The van der Waals surface area contributed by atoms with Gasteiger partial charge in [-0.3, -0.25) is 0 Å². The number of hydrogen-bond acceptors (Lipinski definition) is 2. The van der Waals surface area contributed by atoms with E-state index in [1.165, 1.54) is 10.4 Å². The summed E-state index contributed by atoms with van der Waals surface area (Å²) >= 11 is 11.7. The molecule has 0 atom stereocenters. The highest BCUT2D eigenvalue weighted by atomic mass is 35.5. The van der Waals surface area contributed by atoms with E-state index in [2.05, 4.69) is 0 Å². The van der Waals surface area contributed by atoms with E-state index in [4.69, 9.17) is 23.2 Å². The second-order valence-electron chi connectivity index (χ2n) is 4.32. The Labute approximate surface area is 118 Å². The predicted molar refractivity (Wildman–Crippen MR) is 73.7 cm³/mol. The van der Waals surface area contributed by atoms with Gasteiger partial charge in [0.2, 0.25) is 10.0 Å². The molecule has 0 N–H and O–H groups in total. The molecule has 1 aromatic carbocycles. The number of rotatable bonds is 5. The summed E-state index contributed by atoms with van der Waals surface area (Å²) in [6.07, 6.45) is 2.88. The second kappa shape index (κ2) is 5.78. The van der Waals surface area contributed by atoms with Gasteiger partial charge in [-0.1, -0.05) is 30.2 Å². The van der Waals surface area contributed by atoms with Gasteiger partial charge in [0.15, 0.2) is 0 Å². The lowest BCUT2D eigenvalue weighted by molar-refractivity contribution is 0.227. The first-order valence-corrected chi connectivity index (χ1v) is 8.25. The van der Waals surface area contributed by atoms with Crippen molar-refractivity contribution >= 4 is 33.2 Å². The van der Waals surface area contributed by atoms with E-state index in [1.54, 1.807) is 18.2 Å². The Hall–Kier alpha value is -0.290. The van der Waals surface area contributed by atoms with Gasteiger partial charge in [0.25, 0.3) is 0 Å². The van der Waals surface area contributed by atoms with E-state index >= 15 is 0 Å². The third kappa shape index (κ3) is 2.67. The number of sulfonamides is 1. The summed E-state index contributed by atoms with van der Waals surface area (Å²) in [5.41, 5.74) is 0. The zero-order chi connectivity index (χ0) is 13.2. The summed E-state index contributed by atoms with van der Waals surface area (Å²) < 4.78 is 26.6. The molecule has 0 unspecified atom stereocenters. The molecule has 1 aromatic rings. The lowest BCUT2D eigenvalue weighted by Gasteiger charge is -2.36. The van der Waals surface area contributed by atoms with Gasteiger partial charge in [-0.15, -0.1) is 11.6 Å². The van der Waals surface area contributed by atoms with Gasteiger partial charge in [-0.05, 0) is 25.0 Å². The maximum absolute atomic E-state index is 12.6. The van der Waals surface area contributed by atoms with Gasteiger partial charge in [0.05, 0.1) is 5.02 Å². The van der Waals surface area contributed by atoms with Crippen LogP contribution in [-0.4, -0.2) is 31.2 Å². The van der Waals surface area contributed by atoms with Crippen LogP contribution < -0.4 is 0 Å². The van der Waals surface area contributed by atoms with Gasteiger partial charge >= 0.3 is 0 Å². The Morgan fingerprint density at radius 1 is 1.28 bits per heavy atom. The van der Waals surface area contributed by atoms with Crippen LogP contribution in [-0.2, 0) is 10.0 Å². The standard InChI is InChI=1S/C12H15Cl2NO2S/c13-8-9-15(10-4-3-5-10)18(16,17)12-7-2-1-6-11(12)14/h1-2,6-7,10H,3-5,8-9H2. The number of nitrogens with zero attached hydrogens (tertiary/aromatic N) is 1. The molecule has 1 saturated carbocycles. The Balaban J connectivity index is 2.36. The fourth-order valence-corrected chi connectivity index (χ4v) is 4.50. The molecule has 1 aliphatic carbocycles. The molecule has 0 spiro atoms. The van der Waals surface area contributed by atoms with Crippen molar-refractivity contribution in [1.29, 1.82) is 0 Å². The molecular weight excluding hydrogens is 293 g/mol. The maximum atomic E-state index is 12.6. The lowest BCUT2D eigenvalue weighted by Crippen LogP contribution is -2.45. The number of hydrogen-bond donors (Lipinski definition) is 0. The summed E-state index contributed by atoms with van der Waals surface area (Å²) in [5.74, 6) is 0.292. The van der Waals surface area contributed by atoms with Crippen molar-refractivity contribution in [2.75, 3.05) is 12.4 Å². The molecule has 2 rings (SSSR count). The Bertz CT molecular complexity index is 515. The number of halogens is 2. The minimum atomic E-state index is -3.54. The van der Waals surface area contributed by atoms with Crippen molar-refractivity contribution in [3.8, 4) is 0 Å². The quantitative estimate of drug-likeness (QED) is 0.784. The second-order valence-corrected chi connectivity index (χ2v) is 6.96. The first kappa shape index (κ1) is 14.1. The first-order chi connectivity index (χ1) is 8.57. The molecule has 0 bridgehead atoms. The van der Waals surface area contributed by atoms with Gasteiger partial charge in [-0.25, -0.2) is 8.42 Å². The predicted octanol–water partition coefficient (Wildman–Crippen LogP) is 3.12. The smallest absolute Gasteiger partial charge is 0.207 e.